The zero-order chi connectivity index (χ0) is 28.0. The van der Waals surface area contributed by atoms with Crippen molar-refractivity contribution in [1.82, 2.24) is 0 Å². The lowest BCUT2D eigenvalue weighted by molar-refractivity contribution is 0.360. The number of rotatable bonds is 5. The molecule has 0 radical (unpaired) electrons. The fourth-order valence-corrected chi connectivity index (χ4v) is 3.28. The lowest BCUT2D eigenvalue weighted by atomic mass is 10.00. The minimum absolute atomic E-state index is 0.334. The second kappa shape index (κ2) is 9.53. The highest BCUT2D eigenvalue weighted by atomic mass is 19.2. The van der Waals surface area contributed by atoms with Crippen LogP contribution in [-0.4, -0.2) is 10.2 Å². The first kappa shape index (κ1) is 26.2. The Morgan fingerprint density at radius 2 is 0.842 bits per heavy atom. The predicted molar refractivity (Wildman–Crippen MR) is 117 cm³/mol. The van der Waals surface area contributed by atoms with Gasteiger partial charge < -0.3 is 31.2 Å². The Morgan fingerprint density at radius 1 is 0.474 bits per heavy atom. The number of anilines is 2. The molecular formula is C24H12F8N2O4. The van der Waals surface area contributed by atoms with E-state index in [0.717, 1.165) is 36.4 Å². The number of benzene rings is 4. The van der Waals surface area contributed by atoms with Crippen molar-refractivity contribution in [3.8, 4) is 45.6 Å². The molecule has 38 heavy (non-hydrogen) atoms. The van der Waals surface area contributed by atoms with E-state index in [2.05, 4.69) is 0 Å². The molecule has 4 rings (SSSR count). The van der Waals surface area contributed by atoms with Crippen LogP contribution in [-0.2, 0) is 0 Å². The van der Waals surface area contributed by atoms with Crippen LogP contribution in [0.25, 0.3) is 11.1 Å². The Bertz CT molecular complexity index is 1590. The van der Waals surface area contributed by atoms with Gasteiger partial charge in [0.2, 0.25) is 17.4 Å². The summed E-state index contributed by atoms with van der Waals surface area (Å²) in [6.07, 6.45) is 0. The summed E-state index contributed by atoms with van der Waals surface area (Å²) in [5, 5.41) is 19.2. The van der Waals surface area contributed by atoms with Gasteiger partial charge in [-0.2, -0.15) is 4.39 Å². The molecule has 0 fully saturated rings. The minimum Gasteiger partial charge on any atom is -0.506 e. The quantitative estimate of drug-likeness (QED) is 0.0739. The third-order valence-corrected chi connectivity index (χ3v) is 5.14. The maximum Gasteiger partial charge on any atom is 0.209 e. The molecule has 14 heteroatoms. The number of nitrogen functional groups attached to an aromatic ring is 2. The lowest BCUT2D eigenvalue weighted by Crippen LogP contribution is -2.09. The molecule has 0 saturated heterocycles. The second-order valence-electron chi connectivity index (χ2n) is 7.57. The first-order valence-electron chi connectivity index (χ1n) is 10.1. The first-order chi connectivity index (χ1) is 17.8. The molecule has 0 unspecified atom stereocenters. The largest absolute Gasteiger partial charge is 0.506 e. The van der Waals surface area contributed by atoms with Crippen LogP contribution in [0.2, 0.25) is 0 Å². The summed E-state index contributed by atoms with van der Waals surface area (Å²) in [5.74, 6) is -24.5. The van der Waals surface area contributed by atoms with E-state index in [4.69, 9.17) is 20.9 Å². The fourth-order valence-electron chi connectivity index (χ4n) is 3.28. The van der Waals surface area contributed by atoms with Crippen molar-refractivity contribution in [2.45, 2.75) is 0 Å². The maximum atomic E-state index is 15.1. The van der Waals surface area contributed by atoms with Gasteiger partial charge in [0, 0.05) is 12.1 Å². The number of ether oxygens (including phenoxy) is 2. The Labute approximate surface area is 206 Å². The molecule has 0 amide bonds. The van der Waals surface area contributed by atoms with Crippen LogP contribution in [0, 0.1) is 46.5 Å². The average molecular weight is 544 g/mol. The molecule has 0 bridgehead atoms. The number of aromatic hydroxyl groups is 2. The monoisotopic (exact) mass is 544 g/mol. The van der Waals surface area contributed by atoms with Gasteiger partial charge in [0.05, 0.1) is 22.5 Å². The van der Waals surface area contributed by atoms with E-state index in [9.17, 15) is 40.9 Å². The number of hydrogen-bond acceptors (Lipinski definition) is 6. The zero-order valence-corrected chi connectivity index (χ0v) is 18.4. The van der Waals surface area contributed by atoms with E-state index in [1.54, 1.807) is 0 Å². The predicted octanol–water partition coefficient (Wildman–Crippen LogP) is 6.63. The molecule has 0 saturated carbocycles. The summed E-state index contributed by atoms with van der Waals surface area (Å²) in [6.45, 7) is 0. The molecule has 6 N–H and O–H groups in total. The van der Waals surface area contributed by atoms with Crippen LogP contribution in [0.1, 0.15) is 0 Å². The van der Waals surface area contributed by atoms with Crippen LogP contribution in [0.15, 0.2) is 36.4 Å². The van der Waals surface area contributed by atoms with E-state index >= 15 is 4.39 Å². The zero-order valence-electron chi connectivity index (χ0n) is 18.4. The summed E-state index contributed by atoms with van der Waals surface area (Å²) in [6, 6.07) is 5.53. The van der Waals surface area contributed by atoms with Crippen LogP contribution in [0.4, 0.5) is 46.5 Å². The molecule has 4 aromatic rings. The van der Waals surface area contributed by atoms with E-state index in [0.29, 0.717) is 0 Å². The first-order valence-corrected chi connectivity index (χ1v) is 10.1. The molecule has 0 aliphatic carbocycles. The van der Waals surface area contributed by atoms with E-state index in [1.165, 1.54) is 0 Å². The van der Waals surface area contributed by atoms with Crippen LogP contribution >= 0.6 is 0 Å². The van der Waals surface area contributed by atoms with Gasteiger partial charge in [-0.05, 0) is 24.3 Å². The topological polar surface area (TPSA) is 111 Å². The molecule has 0 aliphatic heterocycles. The van der Waals surface area contributed by atoms with Gasteiger partial charge in [0.25, 0.3) is 0 Å². The molecule has 0 spiro atoms. The van der Waals surface area contributed by atoms with E-state index < -0.39 is 92.2 Å². The SMILES string of the molecule is Nc1cc(Oc2c(F)c(F)c(F)c(-c3c(F)c(F)c(F)c(F)c3F)c2Oc2ccc(O)c(N)c2)ccc1O. The Morgan fingerprint density at radius 3 is 1.29 bits per heavy atom. The number of phenols is 2. The van der Waals surface area contributed by atoms with Crippen molar-refractivity contribution in [2.75, 3.05) is 11.5 Å². The molecule has 198 valence electrons. The van der Waals surface area contributed by atoms with Gasteiger partial charge in [-0.25, -0.2) is 30.7 Å². The average Bonchev–Trinajstić information content (AvgIpc) is 2.88. The van der Waals surface area contributed by atoms with Gasteiger partial charge in [-0.1, -0.05) is 0 Å². The van der Waals surface area contributed by atoms with Crippen molar-refractivity contribution in [3.63, 3.8) is 0 Å². The lowest BCUT2D eigenvalue weighted by Gasteiger charge is -2.20. The summed E-state index contributed by atoms with van der Waals surface area (Å²) in [5.41, 5.74) is 6.61. The Balaban J connectivity index is 2.09. The summed E-state index contributed by atoms with van der Waals surface area (Å²) in [4.78, 5) is 0. The molecule has 0 heterocycles. The summed E-state index contributed by atoms with van der Waals surface area (Å²) < 4.78 is 126. The minimum atomic E-state index is -2.60. The second-order valence-corrected chi connectivity index (χ2v) is 7.57. The van der Waals surface area contributed by atoms with Gasteiger partial charge in [0.1, 0.15) is 23.0 Å². The molecular weight excluding hydrogens is 532 g/mol. The van der Waals surface area contributed by atoms with Gasteiger partial charge in [0.15, 0.2) is 40.7 Å². The Hall–Kier alpha value is -4.88. The smallest absolute Gasteiger partial charge is 0.209 e. The molecule has 0 aliphatic rings. The number of halogens is 8. The van der Waals surface area contributed by atoms with Gasteiger partial charge in [-0.3, -0.25) is 0 Å². The highest BCUT2D eigenvalue weighted by molar-refractivity contribution is 5.77. The normalized spacial score (nSPS) is 11.1. The highest BCUT2D eigenvalue weighted by Gasteiger charge is 2.36. The van der Waals surface area contributed by atoms with Crippen molar-refractivity contribution < 1.29 is 54.8 Å². The third-order valence-electron chi connectivity index (χ3n) is 5.14. The summed E-state index contributed by atoms with van der Waals surface area (Å²) >= 11 is 0. The molecule has 0 aromatic heterocycles. The van der Waals surface area contributed by atoms with Gasteiger partial charge >= 0.3 is 0 Å². The number of hydrogen-bond donors (Lipinski definition) is 4. The molecule has 6 nitrogen and oxygen atoms in total. The third kappa shape index (κ3) is 4.29. The summed E-state index contributed by atoms with van der Waals surface area (Å²) in [7, 11) is 0. The number of nitrogens with two attached hydrogens (primary N) is 2. The van der Waals surface area contributed by atoms with E-state index in [1.807, 2.05) is 0 Å². The van der Waals surface area contributed by atoms with Crippen molar-refractivity contribution in [3.05, 3.63) is 82.9 Å². The van der Waals surface area contributed by atoms with Gasteiger partial charge in [-0.15, -0.1) is 0 Å². The van der Waals surface area contributed by atoms with Crippen LogP contribution in [0.5, 0.6) is 34.5 Å². The maximum absolute atomic E-state index is 15.1. The van der Waals surface area contributed by atoms with E-state index in [-0.39, 0.29) is 11.4 Å². The van der Waals surface area contributed by atoms with Crippen LogP contribution in [0.3, 0.4) is 0 Å². The van der Waals surface area contributed by atoms with Crippen molar-refractivity contribution >= 4 is 11.4 Å². The van der Waals surface area contributed by atoms with Crippen molar-refractivity contribution in [2.24, 2.45) is 0 Å². The fraction of sp³-hybridized carbons (Fsp3) is 0. The molecule has 4 aromatic carbocycles. The molecule has 0 atom stereocenters. The highest BCUT2D eigenvalue weighted by Crippen LogP contribution is 2.49. The van der Waals surface area contributed by atoms with Crippen molar-refractivity contribution in [1.29, 1.82) is 0 Å². The Kier molecular flexibility index (Phi) is 6.57. The number of phenolic OH excluding ortho intramolecular Hbond substituents is 2. The van der Waals surface area contributed by atoms with Crippen LogP contribution < -0.4 is 20.9 Å². The standard InChI is InChI=1S/C24H12F8N2O4/c25-15-13(16(26)19(29)21(31)18(15)28)14-17(27)20(30)22(32)24(38-8-2-4-12(36)10(34)6-8)23(14)37-7-1-3-11(35)9(33)5-7/h1-6,35-36H,33-34H2.